The fraction of sp³-hybridized carbons (Fsp3) is 0.250. The lowest BCUT2D eigenvalue weighted by Crippen LogP contribution is -2.26. The molecule has 1 heterocycles. The van der Waals surface area contributed by atoms with Crippen molar-refractivity contribution in [3.8, 4) is 0 Å². The van der Waals surface area contributed by atoms with Crippen molar-refractivity contribution in [2.75, 3.05) is 22.4 Å². The van der Waals surface area contributed by atoms with Gasteiger partial charge in [0.25, 0.3) is 0 Å². The Hall–Kier alpha value is -2.36. The number of nitrogens with zero attached hydrogens (tertiary/aromatic N) is 2. The SMILES string of the molecule is CC/C=C(/CC(=O)O)[P]1(O)N(c2ccccc2)CCN1c1ccccc1. The van der Waals surface area contributed by atoms with Gasteiger partial charge in [-0.05, 0) is 30.7 Å². The van der Waals surface area contributed by atoms with Gasteiger partial charge in [-0.25, -0.2) is 0 Å². The molecule has 1 saturated heterocycles. The summed E-state index contributed by atoms with van der Waals surface area (Å²) in [7, 11) is -3.02. The summed E-state index contributed by atoms with van der Waals surface area (Å²) in [5, 5.41) is 10.0. The zero-order chi connectivity index (χ0) is 18.6. The fourth-order valence-corrected chi connectivity index (χ4v) is 6.68. The molecular formula is C20H24N2O3P. The molecule has 0 atom stereocenters. The molecule has 2 aromatic carbocycles. The number of hydrogen-bond acceptors (Lipinski definition) is 4. The number of allylic oxidation sites excluding steroid dienone is 1. The molecule has 0 aliphatic carbocycles. The van der Waals surface area contributed by atoms with Crippen LogP contribution in [0.2, 0.25) is 0 Å². The smallest absolute Gasteiger partial charge is 0.308 e. The van der Waals surface area contributed by atoms with E-state index in [0.717, 1.165) is 11.4 Å². The highest BCUT2D eigenvalue weighted by molar-refractivity contribution is 7.77. The van der Waals surface area contributed by atoms with Crippen LogP contribution in [0.4, 0.5) is 11.4 Å². The zero-order valence-electron chi connectivity index (χ0n) is 14.8. The minimum Gasteiger partial charge on any atom is -0.481 e. The van der Waals surface area contributed by atoms with Gasteiger partial charge < -0.3 is 19.3 Å². The third kappa shape index (κ3) is 3.46. The van der Waals surface area contributed by atoms with E-state index in [9.17, 15) is 14.8 Å². The normalized spacial score (nSPS) is 16.8. The van der Waals surface area contributed by atoms with Crippen LogP contribution in [0, 0.1) is 0 Å². The van der Waals surface area contributed by atoms with Crippen molar-refractivity contribution in [1.82, 2.24) is 0 Å². The molecule has 2 N–H and O–H groups in total. The number of anilines is 2. The van der Waals surface area contributed by atoms with Gasteiger partial charge in [-0.2, -0.15) is 0 Å². The van der Waals surface area contributed by atoms with Gasteiger partial charge in [0, 0.05) is 29.8 Å². The quantitative estimate of drug-likeness (QED) is 0.730. The minimum absolute atomic E-state index is 0.162. The van der Waals surface area contributed by atoms with Crippen LogP contribution in [0.3, 0.4) is 0 Å². The predicted octanol–water partition coefficient (Wildman–Crippen LogP) is 4.54. The average molecular weight is 371 g/mol. The van der Waals surface area contributed by atoms with Gasteiger partial charge >= 0.3 is 5.97 Å². The standard InChI is InChI=1S/C20H24N2O3P/c1-2-9-19(16-20(23)24)26(25)21(17-10-5-3-6-11-17)14-15-22(26)18-12-7-4-8-13-18/h3-13,25H,2,14-16H2,1H3,(H,23,24)/b19-9-. The lowest BCUT2D eigenvalue weighted by Gasteiger charge is -2.43. The van der Waals surface area contributed by atoms with Crippen LogP contribution in [0.25, 0.3) is 0 Å². The molecular weight excluding hydrogens is 347 g/mol. The molecule has 26 heavy (non-hydrogen) atoms. The molecule has 1 aliphatic heterocycles. The number of rotatable bonds is 6. The van der Waals surface area contributed by atoms with Crippen molar-refractivity contribution >= 4 is 25.1 Å². The number of aliphatic carboxylic acids is 1. The van der Waals surface area contributed by atoms with Crippen molar-refractivity contribution in [2.45, 2.75) is 19.8 Å². The predicted molar refractivity (Wildman–Crippen MR) is 107 cm³/mol. The van der Waals surface area contributed by atoms with Gasteiger partial charge in [0.05, 0.1) is 6.42 Å². The zero-order valence-corrected chi connectivity index (χ0v) is 15.7. The highest BCUT2D eigenvalue weighted by Crippen LogP contribution is 2.72. The van der Waals surface area contributed by atoms with Gasteiger partial charge in [0.1, 0.15) is 0 Å². The number of benzene rings is 2. The Labute approximate surface area is 154 Å². The van der Waals surface area contributed by atoms with Gasteiger partial charge in [-0.1, -0.05) is 49.4 Å². The first-order valence-corrected chi connectivity index (χ1v) is 10.4. The molecule has 3 rings (SSSR count). The molecule has 1 aliphatic rings. The minimum atomic E-state index is -3.02. The molecule has 6 heteroatoms. The molecule has 0 saturated carbocycles. The maximum atomic E-state index is 12.0. The number of hydrogen-bond donors (Lipinski definition) is 2. The first-order chi connectivity index (χ1) is 12.6. The van der Waals surface area contributed by atoms with Crippen molar-refractivity contribution in [3.63, 3.8) is 0 Å². The van der Waals surface area contributed by atoms with Crippen LogP contribution in [0.15, 0.2) is 72.1 Å². The maximum Gasteiger partial charge on any atom is 0.308 e. The Kier molecular flexibility index (Phi) is 5.60. The number of para-hydroxylation sites is 2. The second-order valence-corrected chi connectivity index (χ2v) is 8.84. The molecule has 0 amide bonds. The van der Waals surface area contributed by atoms with E-state index in [1.54, 1.807) is 0 Å². The summed E-state index contributed by atoms with van der Waals surface area (Å²) in [5.41, 5.74) is 1.82. The van der Waals surface area contributed by atoms with Crippen LogP contribution in [0.5, 0.6) is 0 Å². The van der Waals surface area contributed by atoms with Crippen LogP contribution in [-0.2, 0) is 4.79 Å². The Bertz CT molecular complexity index is 733. The average Bonchev–Trinajstić information content (AvgIpc) is 3.01. The number of carboxylic acids is 1. The van der Waals surface area contributed by atoms with E-state index < -0.39 is 13.8 Å². The van der Waals surface area contributed by atoms with Crippen LogP contribution in [0.1, 0.15) is 19.8 Å². The molecule has 1 fully saturated rings. The Balaban J connectivity index is 2.12. The van der Waals surface area contributed by atoms with Crippen LogP contribution in [-0.4, -0.2) is 29.1 Å². The van der Waals surface area contributed by atoms with E-state index in [-0.39, 0.29) is 6.42 Å². The summed E-state index contributed by atoms with van der Waals surface area (Å²) in [6.45, 7) is 3.25. The maximum absolute atomic E-state index is 12.0. The topological polar surface area (TPSA) is 64.0 Å². The molecule has 0 unspecified atom stereocenters. The molecule has 0 spiro atoms. The monoisotopic (exact) mass is 371 g/mol. The summed E-state index contributed by atoms with van der Waals surface area (Å²) in [4.78, 5) is 23.5. The van der Waals surface area contributed by atoms with Gasteiger partial charge in [0.2, 0.25) is 0 Å². The Morgan fingerprint density at radius 3 is 1.85 bits per heavy atom. The van der Waals surface area contributed by atoms with Gasteiger partial charge in [-0.3, -0.25) is 4.79 Å². The lowest BCUT2D eigenvalue weighted by molar-refractivity contribution is -0.136. The fourth-order valence-electron chi connectivity index (χ4n) is 3.38. The van der Waals surface area contributed by atoms with E-state index in [1.807, 2.05) is 83.0 Å². The van der Waals surface area contributed by atoms with Crippen LogP contribution >= 0.6 is 7.79 Å². The summed E-state index contributed by atoms with van der Waals surface area (Å²) in [5.74, 6) is -0.925. The molecule has 0 aromatic heterocycles. The molecule has 137 valence electrons. The lowest BCUT2D eigenvalue weighted by atomic mass is 10.3. The number of carboxylic acid groups (broad SMARTS) is 1. The van der Waals surface area contributed by atoms with Crippen molar-refractivity contribution in [3.05, 3.63) is 72.1 Å². The third-order valence-electron chi connectivity index (χ3n) is 4.46. The van der Waals surface area contributed by atoms with Crippen LogP contribution < -0.4 is 9.34 Å². The van der Waals surface area contributed by atoms with Crippen molar-refractivity contribution in [2.24, 2.45) is 0 Å². The summed E-state index contributed by atoms with van der Waals surface area (Å²) < 4.78 is 3.98. The van der Waals surface area contributed by atoms with Crippen molar-refractivity contribution < 1.29 is 14.8 Å². The van der Waals surface area contributed by atoms with Gasteiger partial charge in [-0.15, -0.1) is 0 Å². The number of carbonyl (C=O) groups is 1. The molecule has 1 radical (unpaired) electrons. The second kappa shape index (κ2) is 7.90. The first-order valence-electron chi connectivity index (χ1n) is 8.76. The second-order valence-electron chi connectivity index (χ2n) is 6.16. The van der Waals surface area contributed by atoms with E-state index >= 15 is 0 Å². The van der Waals surface area contributed by atoms with E-state index in [4.69, 9.17) is 0 Å². The van der Waals surface area contributed by atoms with E-state index in [0.29, 0.717) is 24.8 Å². The van der Waals surface area contributed by atoms with Gasteiger partial charge in [0.15, 0.2) is 7.79 Å². The Morgan fingerprint density at radius 1 is 1.00 bits per heavy atom. The highest BCUT2D eigenvalue weighted by atomic mass is 31.2. The Morgan fingerprint density at radius 2 is 1.46 bits per heavy atom. The first kappa shape index (κ1) is 18.4. The van der Waals surface area contributed by atoms with E-state index in [2.05, 4.69) is 0 Å². The largest absolute Gasteiger partial charge is 0.481 e. The molecule has 5 nitrogen and oxygen atoms in total. The van der Waals surface area contributed by atoms with E-state index in [1.165, 1.54) is 0 Å². The summed E-state index contributed by atoms with van der Waals surface area (Å²) in [6, 6.07) is 19.5. The summed E-state index contributed by atoms with van der Waals surface area (Å²) >= 11 is 0. The molecule has 0 bridgehead atoms. The highest BCUT2D eigenvalue weighted by Gasteiger charge is 2.48. The molecule has 2 aromatic rings. The third-order valence-corrected chi connectivity index (χ3v) is 7.78. The summed E-state index contributed by atoms with van der Waals surface area (Å²) in [6.07, 6.45) is 2.39. The van der Waals surface area contributed by atoms with Crippen molar-refractivity contribution in [1.29, 1.82) is 0 Å².